The number of rotatable bonds is 19. The Hall–Kier alpha value is -6.34. The quantitative estimate of drug-likeness (QED) is 0.0964. The predicted octanol–water partition coefficient (Wildman–Crippen LogP) is 4.41. The molecule has 0 aliphatic carbocycles. The van der Waals surface area contributed by atoms with Crippen LogP contribution in [0.4, 0.5) is 23.0 Å². The van der Waals surface area contributed by atoms with Crippen LogP contribution in [0.1, 0.15) is 121 Å². The molecule has 3 aromatic rings. The fourth-order valence-electron chi connectivity index (χ4n) is 9.88. The van der Waals surface area contributed by atoms with Gasteiger partial charge in [-0.05, 0) is 81.7 Å². The van der Waals surface area contributed by atoms with E-state index in [9.17, 15) is 28.8 Å². The first kappa shape index (κ1) is 48.1. The van der Waals surface area contributed by atoms with Gasteiger partial charge in [0.15, 0.2) is 17.3 Å². The molecule has 2 aromatic carbocycles. The topological polar surface area (TPSA) is 231 Å². The number of anilines is 4. The van der Waals surface area contributed by atoms with Crippen molar-refractivity contribution in [3.63, 3.8) is 0 Å². The summed E-state index contributed by atoms with van der Waals surface area (Å²) in [5.41, 5.74) is 8.67. The number of fused-ring (bicyclic) bond motifs is 1. The number of benzene rings is 2. The van der Waals surface area contributed by atoms with E-state index in [2.05, 4.69) is 30.7 Å². The third-order valence-electron chi connectivity index (χ3n) is 13.7. The Bertz CT molecular complexity index is 2360. The number of aryl methyl sites for hydroxylation is 1. The van der Waals surface area contributed by atoms with Crippen LogP contribution >= 0.6 is 0 Å². The minimum absolute atomic E-state index is 0.0687. The summed E-state index contributed by atoms with van der Waals surface area (Å²) in [6.45, 7) is 8.77. The number of piperazine rings is 1. The number of nitrogens with zero attached hydrogens (tertiary/aromatic N) is 6. The van der Waals surface area contributed by atoms with Gasteiger partial charge in [0.25, 0.3) is 17.7 Å². The molecule has 0 bridgehead atoms. The van der Waals surface area contributed by atoms with E-state index in [1.165, 1.54) is 0 Å². The first-order chi connectivity index (χ1) is 33.0. The predicted molar refractivity (Wildman–Crippen MR) is 253 cm³/mol. The van der Waals surface area contributed by atoms with Crippen LogP contribution in [0, 0.1) is 0 Å². The van der Waals surface area contributed by atoms with Crippen LogP contribution < -0.4 is 36.1 Å². The summed E-state index contributed by atoms with van der Waals surface area (Å²) in [5, 5.41) is 9.01. The second-order valence-corrected chi connectivity index (χ2v) is 18.1. The lowest BCUT2D eigenvalue weighted by atomic mass is 10.0. The van der Waals surface area contributed by atoms with E-state index in [-0.39, 0.29) is 41.6 Å². The molecule has 4 saturated heterocycles. The van der Waals surface area contributed by atoms with Gasteiger partial charge < -0.3 is 40.4 Å². The van der Waals surface area contributed by atoms with Gasteiger partial charge >= 0.3 is 0 Å². The highest BCUT2D eigenvalue weighted by Gasteiger charge is 2.45. The zero-order chi connectivity index (χ0) is 47.7. The van der Waals surface area contributed by atoms with Crippen LogP contribution in [-0.2, 0) is 25.5 Å². The largest absolute Gasteiger partial charge is 0.495 e. The van der Waals surface area contributed by atoms with E-state index in [1.807, 2.05) is 30.0 Å². The fourth-order valence-corrected chi connectivity index (χ4v) is 9.88. The number of ether oxygens (including phenoxy) is 3. The SMILES string of the molecule is CCc1nc(C(N)=O)c(Nc2ccc(N3CCC(N4CCN(C(=O)CCCCCCCOc5ccc6c(c5)C(=O)N(C5CCC(=O)NC5=O)C6=O)CC4)CC3)c(OC)c2)nc1NC1CCOCC1. The maximum Gasteiger partial charge on any atom is 0.271 e. The lowest BCUT2D eigenvalue weighted by Gasteiger charge is -2.43. The standard InChI is InChI=1S/C49H64N10O9/c1-3-37-45(51-31-18-27-67-28-19-31)55-46(43(53-37)44(50)62)52-32-10-13-38(40(29-32)66-2)57-20-16-33(17-21-57)56-22-24-58(25-23-56)42(61)9-7-5-4-6-8-26-68-34-11-12-35-36(30-34)49(65)59(48(35)64)39-14-15-41(60)54-47(39)63/h10-13,29-31,33,39H,3-9,14-28H2,1-2H3,(H2,50,62)(H2,51,52,55)(H,54,60,63). The van der Waals surface area contributed by atoms with E-state index in [1.54, 1.807) is 25.3 Å². The number of hydrogen-bond donors (Lipinski definition) is 4. The van der Waals surface area contributed by atoms with Gasteiger partial charge in [0, 0.05) is 89.2 Å². The average Bonchev–Trinajstić information content (AvgIpc) is 3.59. The molecule has 1 atom stereocenters. The molecule has 0 spiro atoms. The number of primary amides is 1. The molecule has 1 aromatic heterocycles. The molecule has 8 rings (SSSR count). The average molecular weight is 937 g/mol. The molecular weight excluding hydrogens is 873 g/mol. The Morgan fingerprint density at radius 1 is 0.838 bits per heavy atom. The minimum atomic E-state index is -1.00. The van der Waals surface area contributed by atoms with Crippen molar-refractivity contribution in [2.24, 2.45) is 5.73 Å². The van der Waals surface area contributed by atoms with Gasteiger partial charge in [-0.25, -0.2) is 9.97 Å². The third-order valence-corrected chi connectivity index (χ3v) is 13.7. The number of carbonyl (C=O) groups excluding carboxylic acids is 6. The van der Waals surface area contributed by atoms with E-state index < -0.39 is 35.6 Å². The molecule has 0 saturated carbocycles. The Morgan fingerprint density at radius 3 is 2.29 bits per heavy atom. The van der Waals surface area contributed by atoms with Crippen molar-refractivity contribution in [1.82, 2.24) is 30.0 Å². The number of imide groups is 2. The molecule has 0 radical (unpaired) electrons. The molecule has 5 aliphatic rings. The van der Waals surface area contributed by atoms with E-state index in [0.717, 1.165) is 108 Å². The zero-order valence-corrected chi connectivity index (χ0v) is 39.2. The molecule has 19 nitrogen and oxygen atoms in total. The molecule has 5 aliphatic heterocycles. The molecule has 6 heterocycles. The van der Waals surface area contributed by atoms with Crippen LogP contribution in [0.2, 0.25) is 0 Å². The maximum atomic E-state index is 13.1. The minimum Gasteiger partial charge on any atom is -0.495 e. The number of aromatic nitrogens is 2. The van der Waals surface area contributed by atoms with Crippen molar-refractivity contribution in [2.75, 3.05) is 81.7 Å². The summed E-state index contributed by atoms with van der Waals surface area (Å²) in [6.07, 6.45) is 9.56. The van der Waals surface area contributed by atoms with E-state index >= 15 is 0 Å². The number of nitrogens with two attached hydrogens (primary N) is 1. The number of unbranched alkanes of at least 4 members (excludes halogenated alkanes) is 4. The normalized spacial score (nSPS) is 19.5. The van der Waals surface area contributed by atoms with Crippen molar-refractivity contribution in [3.05, 3.63) is 58.9 Å². The smallest absolute Gasteiger partial charge is 0.271 e. The molecule has 364 valence electrons. The highest BCUT2D eigenvalue weighted by atomic mass is 16.5. The second kappa shape index (κ2) is 22.2. The molecule has 1 unspecified atom stereocenters. The number of piperidine rings is 2. The third kappa shape index (κ3) is 11.2. The first-order valence-corrected chi connectivity index (χ1v) is 24.3. The van der Waals surface area contributed by atoms with Crippen molar-refractivity contribution in [2.45, 2.75) is 109 Å². The van der Waals surface area contributed by atoms with E-state index in [4.69, 9.17) is 24.9 Å². The number of carbonyl (C=O) groups is 6. The fraction of sp³-hybridized carbons (Fsp3) is 0.551. The van der Waals surface area contributed by atoms with Crippen molar-refractivity contribution < 1.29 is 43.0 Å². The highest BCUT2D eigenvalue weighted by Crippen LogP contribution is 2.36. The van der Waals surface area contributed by atoms with Crippen LogP contribution in [0.3, 0.4) is 0 Å². The molecule has 4 fully saturated rings. The summed E-state index contributed by atoms with van der Waals surface area (Å²) in [4.78, 5) is 92.9. The van der Waals surface area contributed by atoms with Crippen LogP contribution in [0.25, 0.3) is 0 Å². The van der Waals surface area contributed by atoms with E-state index in [0.29, 0.717) is 73.2 Å². The number of nitrogens with one attached hydrogen (secondary N) is 3. The molecule has 5 N–H and O–H groups in total. The van der Waals surface area contributed by atoms with Crippen LogP contribution in [0.5, 0.6) is 11.5 Å². The lowest BCUT2D eigenvalue weighted by Crippen LogP contribution is -2.54. The van der Waals surface area contributed by atoms with Crippen LogP contribution in [0.15, 0.2) is 36.4 Å². The van der Waals surface area contributed by atoms with Gasteiger partial charge in [-0.1, -0.05) is 26.2 Å². The summed E-state index contributed by atoms with van der Waals surface area (Å²) in [6, 6.07) is 10.3. The Kier molecular flexibility index (Phi) is 15.7. The van der Waals surface area contributed by atoms with Crippen molar-refractivity contribution in [3.8, 4) is 11.5 Å². The molecule has 19 heteroatoms. The van der Waals surface area contributed by atoms with Gasteiger partial charge in [-0.2, -0.15) is 0 Å². The number of methoxy groups -OCH3 is 1. The summed E-state index contributed by atoms with van der Waals surface area (Å²) in [7, 11) is 1.66. The molecule has 6 amide bonds. The number of amides is 6. The van der Waals surface area contributed by atoms with Crippen molar-refractivity contribution in [1.29, 1.82) is 0 Å². The molecular formula is C49H64N10O9. The van der Waals surface area contributed by atoms with Gasteiger partial charge in [-0.15, -0.1) is 0 Å². The van der Waals surface area contributed by atoms with Gasteiger partial charge in [0.05, 0.1) is 36.2 Å². The lowest BCUT2D eigenvalue weighted by molar-refractivity contribution is -0.136. The second-order valence-electron chi connectivity index (χ2n) is 18.1. The molecule has 68 heavy (non-hydrogen) atoms. The summed E-state index contributed by atoms with van der Waals surface area (Å²) >= 11 is 0. The highest BCUT2D eigenvalue weighted by molar-refractivity contribution is 6.23. The Morgan fingerprint density at radius 2 is 1.57 bits per heavy atom. The first-order valence-electron chi connectivity index (χ1n) is 24.3. The Labute approximate surface area is 396 Å². The number of hydrogen-bond acceptors (Lipinski definition) is 15. The summed E-state index contributed by atoms with van der Waals surface area (Å²) < 4.78 is 17.3. The maximum absolute atomic E-state index is 13.1. The zero-order valence-electron chi connectivity index (χ0n) is 39.2. The Balaban J connectivity index is 0.722. The van der Waals surface area contributed by atoms with Crippen molar-refractivity contribution >= 4 is 58.5 Å². The van der Waals surface area contributed by atoms with Gasteiger partial charge in [-0.3, -0.25) is 43.9 Å². The van der Waals surface area contributed by atoms with Gasteiger partial charge in [0.1, 0.15) is 17.5 Å². The van der Waals surface area contributed by atoms with Crippen LogP contribution in [-0.4, -0.2) is 144 Å². The summed E-state index contributed by atoms with van der Waals surface area (Å²) in [5.74, 6) is -0.471. The van der Waals surface area contributed by atoms with Gasteiger partial charge in [0.2, 0.25) is 17.7 Å². The monoisotopic (exact) mass is 936 g/mol.